The number of hydrogen-bond donors (Lipinski definition) is 2. The zero-order valence-electron chi connectivity index (χ0n) is 17.0. The summed E-state index contributed by atoms with van der Waals surface area (Å²) >= 11 is 0. The molecule has 1 fully saturated rings. The van der Waals surface area contributed by atoms with Crippen LogP contribution in [-0.2, 0) is 11.3 Å². The first kappa shape index (κ1) is 19.9. The fraction of sp³-hybridized carbons (Fsp3) is 0.160. The van der Waals surface area contributed by atoms with Gasteiger partial charge in [0.1, 0.15) is 5.82 Å². The van der Waals surface area contributed by atoms with Crippen LogP contribution in [0, 0.1) is 11.7 Å². The molecule has 2 heterocycles. The quantitative estimate of drug-likeness (QED) is 0.412. The summed E-state index contributed by atoms with van der Waals surface area (Å²) in [5.74, 6) is -0.706. The number of rotatable bonds is 7. The van der Waals surface area contributed by atoms with Crippen molar-refractivity contribution in [2.75, 3.05) is 5.32 Å². The summed E-state index contributed by atoms with van der Waals surface area (Å²) in [4.78, 5) is 19.3. The minimum Gasteiger partial charge on any atom is -0.481 e. The van der Waals surface area contributed by atoms with E-state index in [9.17, 15) is 9.18 Å². The number of nitrogens with zero attached hydrogens (tertiary/aromatic N) is 2. The molecule has 0 bridgehead atoms. The van der Waals surface area contributed by atoms with Crippen LogP contribution in [0.2, 0.25) is 0 Å². The van der Waals surface area contributed by atoms with Gasteiger partial charge in [-0.25, -0.2) is 9.37 Å². The van der Waals surface area contributed by atoms with Crippen LogP contribution < -0.4 is 5.32 Å². The van der Waals surface area contributed by atoms with Gasteiger partial charge in [0.2, 0.25) is 0 Å². The molecule has 0 radical (unpaired) electrons. The normalized spacial score (nSPS) is 17.2. The van der Waals surface area contributed by atoms with Crippen molar-refractivity contribution in [2.24, 2.45) is 5.92 Å². The summed E-state index contributed by atoms with van der Waals surface area (Å²) in [5.41, 5.74) is 4.88. The van der Waals surface area contributed by atoms with E-state index in [1.54, 1.807) is 18.5 Å². The Balaban J connectivity index is 1.27. The number of halogens is 1. The molecule has 0 unspecified atom stereocenters. The standard InChI is InChI=1S/C25H20FN3O3/c26-22-7-5-17(15-1-3-16(4-2-15)24-13-27-14-32-24)9-18(22)11-28-19-6-8-23(29-12-19)20-10-21(20)25(30)31/h1-9,12-14,20-21,28H,10-11H2,(H,30,31)/t20-,21-/m0/s1. The molecule has 2 aromatic carbocycles. The Morgan fingerprint density at radius 2 is 1.84 bits per heavy atom. The highest BCUT2D eigenvalue weighted by atomic mass is 19.1. The van der Waals surface area contributed by atoms with Gasteiger partial charge >= 0.3 is 5.97 Å². The second-order valence-electron chi connectivity index (χ2n) is 7.86. The molecule has 4 aromatic rings. The van der Waals surface area contributed by atoms with E-state index in [1.807, 2.05) is 42.5 Å². The van der Waals surface area contributed by atoms with Crippen molar-refractivity contribution in [3.05, 3.63) is 90.5 Å². The molecule has 5 rings (SSSR count). The molecule has 1 saturated carbocycles. The highest BCUT2D eigenvalue weighted by molar-refractivity contribution is 5.75. The molecule has 0 spiro atoms. The predicted octanol–water partition coefficient (Wildman–Crippen LogP) is 5.34. The van der Waals surface area contributed by atoms with Gasteiger partial charge in [0.25, 0.3) is 0 Å². The summed E-state index contributed by atoms with van der Waals surface area (Å²) in [6, 6.07) is 16.6. The van der Waals surface area contributed by atoms with E-state index in [-0.39, 0.29) is 17.7 Å². The number of aliphatic carboxylic acids is 1. The second kappa shape index (κ2) is 8.26. The summed E-state index contributed by atoms with van der Waals surface area (Å²) in [7, 11) is 0. The first-order chi connectivity index (χ1) is 15.6. The van der Waals surface area contributed by atoms with Crippen LogP contribution in [0.5, 0.6) is 0 Å². The van der Waals surface area contributed by atoms with Gasteiger partial charge in [-0.2, -0.15) is 0 Å². The second-order valence-corrected chi connectivity index (χ2v) is 7.86. The smallest absolute Gasteiger partial charge is 0.307 e. The lowest BCUT2D eigenvalue weighted by molar-refractivity contribution is -0.138. The third-order valence-corrected chi connectivity index (χ3v) is 5.74. The minimum absolute atomic E-state index is 0.00823. The molecule has 160 valence electrons. The fourth-order valence-corrected chi connectivity index (χ4v) is 3.80. The lowest BCUT2D eigenvalue weighted by atomic mass is 10.0. The SMILES string of the molecule is O=C(O)[C@H]1C[C@@H]1c1ccc(NCc2cc(-c3ccc(-c4cnco4)cc3)ccc2F)cn1. The van der Waals surface area contributed by atoms with E-state index in [4.69, 9.17) is 9.52 Å². The molecule has 1 aliphatic carbocycles. The van der Waals surface area contributed by atoms with Crippen LogP contribution >= 0.6 is 0 Å². The van der Waals surface area contributed by atoms with Gasteiger partial charge in [0.15, 0.2) is 12.2 Å². The largest absolute Gasteiger partial charge is 0.481 e. The minimum atomic E-state index is -0.776. The summed E-state index contributed by atoms with van der Waals surface area (Å²) in [6.07, 6.45) is 5.35. The third-order valence-electron chi connectivity index (χ3n) is 5.74. The number of carboxylic acids is 1. The Morgan fingerprint density at radius 3 is 2.50 bits per heavy atom. The zero-order chi connectivity index (χ0) is 22.1. The van der Waals surface area contributed by atoms with Crippen LogP contribution in [-0.4, -0.2) is 21.0 Å². The van der Waals surface area contributed by atoms with Gasteiger partial charge in [-0.1, -0.05) is 30.3 Å². The molecule has 2 atom stereocenters. The molecule has 7 heteroatoms. The van der Waals surface area contributed by atoms with E-state index in [0.29, 0.717) is 24.3 Å². The van der Waals surface area contributed by atoms with E-state index in [0.717, 1.165) is 28.1 Å². The van der Waals surface area contributed by atoms with Gasteiger partial charge < -0.3 is 14.8 Å². The number of nitrogens with one attached hydrogen (secondary N) is 1. The van der Waals surface area contributed by atoms with Crippen molar-refractivity contribution in [1.29, 1.82) is 0 Å². The molecule has 2 N–H and O–H groups in total. The number of pyridine rings is 1. The van der Waals surface area contributed by atoms with Crippen molar-refractivity contribution in [3.8, 4) is 22.5 Å². The molecule has 0 aliphatic heterocycles. The molecule has 32 heavy (non-hydrogen) atoms. The van der Waals surface area contributed by atoms with Gasteiger partial charge in [0, 0.05) is 29.3 Å². The van der Waals surface area contributed by atoms with Gasteiger partial charge in [-0.3, -0.25) is 9.78 Å². The molecule has 0 amide bonds. The van der Waals surface area contributed by atoms with Crippen LogP contribution in [0.1, 0.15) is 23.6 Å². The van der Waals surface area contributed by atoms with E-state index >= 15 is 0 Å². The third kappa shape index (κ3) is 4.09. The lowest BCUT2D eigenvalue weighted by Gasteiger charge is -2.10. The molecular formula is C25H20FN3O3. The van der Waals surface area contributed by atoms with Crippen molar-refractivity contribution >= 4 is 11.7 Å². The van der Waals surface area contributed by atoms with Crippen LogP contribution in [0.15, 0.2) is 77.8 Å². The molecular weight excluding hydrogens is 409 g/mol. The van der Waals surface area contributed by atoms with Crippen molar-refractivity contribution in [1.82, 2.24) is 9.97 Å². The molecule has 6 nitrogen and oxygen atoms in total. The van der Waals surface area contributed by atoms with Crippen LogP contribution in [0.4, 0.5) is 10.1 Å². The van der Waals surface area contributed by atoms with E-state index in [2.05, 4.69) is 15.3 Å². The number of benzene rings is 2. The lowest BCUT2D eigenvalue weighted by Crippen LogP contribution is -2.03. The maximum atomic E-state index is 14.4. The first-order valence-corrected chi connectivity index (χ1v) is 10.3. The summed E-state index contributed by atoms with van der Waals surface area (Å²) in [6.45, 7) is 0.304. The average molecular weight is 429 g/mol. The number of aromatic nitrogens is 2. The van der Waals surface area contributed by atoms with Gasteiger partial charge in [0.05, 0.1) is 24.0 Å². The van der Waals surface area contributed by atoms with Crippen LogP contribution in [0.3, 0.4) is 0 Å². The average Bonchev–Trinajstić information content (AvgIpc) is 3.44. The Hall–Kier alpha value is -4.00. The number of oxazole rings is 1. The molecule has 0 saturated heterocycles. The predicted molar refractivity (Wildman–Crippen MR) is 117 cm³/mol. The van der Waals surface area contributed by atoms with Gasteiger partial charge in [-0.05, 0) is 41.8 Å². The Bertz CT molecular complexity index is 1240. The number of anilines is 1. The zero-order valence-corrected chi connectivity index (χ0v) is 17.0. The van der Waals surface area contributed by atoms with Crippen molar-refractivity contribution in [3.63, 3.8) is 0 Å². The Morgan fingerprint density at radius 1 is 1.06 bits per heavy atom. The highest BCUT2D eigenvalue weighted by Crippen LogP contribution is 2.46. The van der Waals surface area contributed by atoms with Crippen LogP contribution in [0.25, 0.3) is 22.5 Å². The van der Waals surface area contributed by atoms with E-state index in [1.165, 1.54) is 12.5 Å². The monoisotopic (exact) mass is 429 g/mol. The Kier molecular flexibility index (Phi) is 5.15. The van der Waals surface area contributed by atoms with Crippen molar-refractivity contribution < 1.29 is 18.7 Å². The van der Waals surface area contributed by atoms with Gasteiger partial charge in [-0.15, -0.1) is 0 Å². The summed E-state index contributed by atoms with van der Waals surface area (Å²) in [5, 5.41) is 12.2. The maximum absolute atomic E-state index is 14.4. The fourth-order valence-electron chi connectivity index (χ4n) is 3.80. The highest BCUT2D eigenvalue weighted by Gasteiger charge is 2.45. The number of carboxylic acid groups (broad SMARTS) is 1. The Labute approximate surface area is 183 Å². The number of carbonyl (C=O) groups is 1. The summed E-state index contributed by atoms with van der Waals surface area (Å²) < 4.78 is 19.7. The first-order valence-electron chi connectivity index (χ1n) is 10.3. The van der Waals surface area contributed by atoms with E-state index < -0.39 is 5.97 Å². The topological polar surface area (TPSA) is 88.2 Å². The maximum Gasteiger partial charge on any atom is 0.307 e. The molecule has 2 aromatic heterocycles. The van der Waals surface area contributed by atoms with Crippen molar-refractivity contribution in [2.45, 2.75) is 18.9 Å². The number of hydrogen-bond acceptors (Lipinski definition) is 5. The molecule has 1 aliphatic rings.